The minimum atomic E-state index is 0.0662. The second-order valence-electron chi connectivity index (χ2n) is 5.79. The van der Waals surface area contributed by atoms with Crippen LogP contribution in [0.1, 0.15) is 23.5 Å². The van der Waals surface area contributed by atoms with Gasteiger partial charge in [-0.25, -0.2) is 4.98 Å². The molecule has 4 heteroatoms. The SMILES string of the molecule is O=C(Nc1cccc(Cl)n1)C1C2CCc3ccccc3C21. The van der Waals surface area contributed by atoms with Gasteiger partial charge in [-0.3, -0.25) is 4.79 Å². The van der Waals surface area contributed by atoms with Crippen LogP contribution in [-0.4, -0.2) is 10.9 Å². The molecule has 2 aliphatic rings. The lowest BCUT2D eigenvalue weighted by molar-refractivity contribution is -0.117. The number of nitrogens with one attached hydrogen (secondary N) is 1. The topological polar surface area (TPSA) is 42.0 Å². The quantitative estimate of drug-likeness (QED) is 0.860. The molecule has 1 fully saturated rings. The molecule has 2 aliphatic carbocycles. The molecule has 3 nitrogen and oxygen atoms in total. The van der Waals surface area contributed by atoms with Gasteiger partial charge in [-0.15, -0.1) is 0 Å². The predicted molar refractivity (Wildman–Crippen MR) is 82.4 cm³/mol. The van der Waals surface area contributed by atoms with Crippen LogP contribution in [-0.2, 0) is 11.2 Å². The molecule has 0 radical (unpaired) electrons. The summed E-state index contributed by atoms with van der Waals surface area (Å²) in [4.78, 5) is 16.6. The molecule has 0 bridgehead atoms. The van der Waals surface area contributed by atoms with Crippen molar-refractivity contribution < 1.29 is 4.79 Å². The van der Waals surface area contributed by atoms with Gasteiger partial charge < -0.3 is 5.32 Å². The maximum absolute atomic E-state index is 12.5. The summed E-state index contributed by atoms with van der Waals surface area (Å²) < 4.78 is 0. The lowest BCUT2D eigenvalue weighted by Gasteiger charge is -2.13. The highest BCUT2D eigenvalue weighted by Gasteiger charge is 2.56. The molecule has 1 aromatic carbocycles. The zero-order valence-corrected chi connectivity index (χ0v) is 12.2. The van der Waals surface area contributed by atoms with Gasteiger partial charge >= 0.3 is 0 Å². The van der Waals surface area contributed by atoms with E-state index in [1.807, 2.05) is 0 Å². The highest BCUT2D eigenvalue weighted by molar-refractivity contribution is 6.29. The Morgan fingerprint density at radius 2 is 2.05 bits per heavy atom. The molecule has 21 heavy (non-hydrogen) atoms. The molecule has 3 unspecified atom stereocenters. The van der Waals surface area contributed by atoms with Gasteiger partial charge in [0.1, 0.15) is 11.0 Å². The number of benzene rings is 1. The second-order valence-corrected chi connectivity index (χ2v) is 6.17. The number of rotatable bonds is 2. The molecule has 1 amide bonds. The van der Waals surface area contributed by atoms with E-state index >= 15 is 0 Å². The van der Waals surface area contributed by atoms with E-state index in [-0.39, 0.29) is 11.8 Å². The summed E-state index contributed by atoms with van der Waals surface area (Å²) in [5.41, 5.74) is 2.75. The lowest BCUT2D eigenvalue weighted by atomic mass is 9.92. The number of carbonyl (C=O) groups excluding carboxylic acids is 1. The number of aromatic nitrogens is 1. The number of pyridine rings is 1. The predicted octanol–water partition coefficient (Wildman–Crippen LogP) is 3.65. The molecular formula is C17H15ClN2O. The molecule has 0 saturated heterocycles. The zero-order valence-electron chi connectivity index (χ0n) is 11.4. The summed E-state index contributed by atoms with van der Waals surface area (Å²) in [6.45, 7) is 0. The third kappa shape index (κ3) is 2.22. The van der Waals surface area contributed by atoms with Gasteiger partial charge in [0.2, 0.25) is 5.91 Å². The van der Waals surface area contributed by atoms with E-state index in [9.17, 15) is 4.79 Å². The van der Waals surface area contributed by atoms with E-state index < -0.39 is 0 Å². The first-order valence-corrected chi connectivity index (χ1v) is 7.63. The van der Waals surface area contributed by atoms with Gasteiger partial charge in [-0.2, -0.15) is 0 Å². The minimum absolute atomic E-state index is 0.0662. The van der Waals surface area contributed by atoms with Crippen LogP contribution in [0.15, 0.2) is 42.5 Å². The van der Waals surface area contributed by atoms with E-state index in [1.165, 1.54) is 11.1 Å². The number of aryl methyl sites for hydroxylation is 1. The maximum atomic E-state index is 12.5. The molecular weight excluding hydrogens is 284 g/mol. The monoisotopic (exact) mass is 298 g/mol. The Bertz CT molecular complexity index is 715. The number of amides is 1. The van der Waals surface area contributed by atoms with Crippen molar-refractivity contribution >= 4 is 23.3 Å². The van der Waals surface area contributed by atoms with Crippen LogP contribution in [0.25, 0.3) is 0 Å². The summed E-state index contributed by atoms with van der Waals surface area (Å²) in [5, 5.41) is 3.29. The Morgan fingerprint density at radius 1 is 1.19 bits per heavy atom. The largest absolute Gasteiger partial charge is 0.310 e. The van der Waals surface area contributed by atoms with Crippen LogP contribution in [0.2, 0.25) is 5.15 Å². The molecule has 1 aromatic heterocycles. The summed E-state index contributed by atoms with van der Waals surface area (Å²) in [5.74, 6) is 1.54. The third-order valence-electron chi connectivity index (χ3n) is 4.60. The van der Waals surface area contributed by atoms with Crippen LogP contribution in [0.3, 0.4) is 0 Å². The third-order valence-corrected chi connectivity index (χ3v) is 4.81. The first-order valence-electron chi connectivity index (χ1n) is 7.25. The van der Waals surface area contributed by atoms with Crippen molar-refractivity contribution in [2.45, 2.75) is 18.8 Å². The highest BCUT2D eigenvalue weighted by atomic mass is 35.5. The Kier molecular flexibility index (Phi) is 2.96. The summed E-state index contributed by atoms with van der Waals surface area (Å²) in [6.07, 6.45) is 2.18. The van der Waals surface area contributed by atoms with E-state index in [1.54, 1.807) is 18.2 Å². The van der Waals surface area contributed by atoms with Gasteiger partial charge in [0.05, 0.1) is 0 Å². The number of halogens is 1. The van der Waals surface area contributed by atoms with Crippen molar-refractivity contribution in [2.24, 2.45) is 11.8 Å². The minimum Gasteiger partial charge on any atom is -0.310 e. The molecule has 0 spiro atoms. The van der Waals surface area contributed by atoms with Crippen LogP contribution in [0.4, 0.5) is 5.82 Å². The fraction of sp³-hybridized carbons (Fsp3) is 0.294. The van der Waals surface area contributed by atoms with Crippen molar-refractivity contribution in [3.05, 3.63) is 58.7 Å². The summed E-state index contributed by atoms with van der Waals surface area (Å²) >= 11 is 5.85. The zero-order chi connectivity index (χ0) is 14.4. The molecule has 2 aromatic rings. The molecule has 106 valence electrons. The first kappa shape index (κ1) is 12.8. The molecule has 4 rings (SSSR count). The normalized spacial score (nSPS) is 25.7. The van der Waals surface area contributed by atoms with Crippen molar-refractivity contribution in [1.29, 1.82) is 0 Å². The van der Waals surface area contributed by atoms with Crippen molar-refractivity contribution in [2.75, 3.05) is 5.32 Å². The number of carbonyl (C=O) groups is 1. The van der Waals surface area contributed by atoms with Crippen LogP contribution in [0, 0.1) is 11.8 Å². The van der Waals surface area contributed by atoms with E-state index in [2.05, 4.69) is 34.6 Å². The smallest absolute Gasteiger partial charge is 0.229 e. The molecule has 1 heterocycles. The second kappa shape index (κ2) is 4.85. The van der Waals surface area contributed by atoms with E-state index in [0.717, 1.165) is 12.8 Å². The fourth-order valence-corrected chi connectivity index (χ4v) is 3.78. The highest BCUT2D eigenvalue weighted by Crippen LogP contribution is 2.60. The van der Waals surface area contributed by atoms with E-state index in [4.69, 9.17) is 11.6 Å². The number of fused-ring (bicyclic) bond motifs is 3. The van der Waals surface area contributed by atoms with Gasteiger partial charge in [-0.1, -0.05) is 41.9 Å². The maximum Gasteiger partial charge on any atom is 0.229 e. The number of anilines is 1. The van der Waals surface area contributed by atoms with Crippen molar-refractivity contribution in [3.63, 3.8) is 0 Å². The number of hydrogen-bond donors (Lipinski definition) is 1. The summed E-state index contributed by atoms with van der Waals surface area (Å²) in [7, 11) is 0. The number of nitrogens with zero attached hydrogens (tertiary/aromatic N) is 1. The van der Waals surface area contributed by atoms with Gasteiger partial charge in [-0.05, 0) is 47.9 Å². The molecule has 1 saturated carbocycles. The average molecular weight is 299 g/mol. The standard InChI is InChI=1S/C17H15ClN2O/c18-13-6-3-7-14(19-13)20-17(21)16-12-9-8-10-4-1-2-5-11(10)15(12)16/h1-7,12,15-16H,8-9H2,(H,19,20,21). The Hall–Kier alpha value is -1.87. The van der Waals surface area contributed by atoms with E-state index in [0.29, 0.717) is 22.8 Å². The van der Waals surface area contributed by atoms with Gasteiger partial charge in [0.15, 0.2) is 0 Å². The summed E-state index contributed by atoms with van der Waals surface area (Å²) in [6, 6.07) is 13.7. The Balaban J connectivity index is 1.53. The average Bonchev–Trinajstić information content (AvgIpc) is 3.22. The van der Waals surface area contributed by atoms with Crippen LogP contribution < -0.4 is 5.32 Å². The number of hydrogen-bond acceptors (Lipinski definition) is 2. The van der Waals surface area contributed by atoms with Gasteiger partial charge in [0, 0.05) is 5.92 Å². The fourth-order valence-electron chi connectivity index (χ4n) is 3.61. The molecule has 1 N–H and O–H groups in total. The van der Waals surface area contributed by atoms with Crippen LogP contribution >= 0.6 is 11.6 Å². The van der Waals surface area contributed by atoms with Crippen LogP contribution in [0.5, 0.6) is 0 Å². The Labute approximate surface area is 128 Å². The van der Waals surface area contributed by atoms with Crippen molar-refractivity contribution in [3.8, 4) is 0 Å². The first-order chi connectivity index (χ1) is 10.2. The van der Waals surface area contributed by atoms with Crippen molar-refractivity contribution in [1.82, 2.24) is 4.98 Å². The Morgan fingerprint density at radius 3 is 2.90 bits per heavy atom. The molecule has 0 aliphatic heterocycles. The lowest BCUT2D eigenvalue weighted by Crippen LogP contribution is -2.16. The van der Waals surface area contributed by atoms with Gasteiger partial charge in [0.25, 0.3) is 0 Å². The molecule has 3 atom stereocenters.